The molecule has 0 aliphatic carbocycles. The largest absolute Gasteiger partial charge is 0.434 e. The first-order valence-corrected chi connectivity index (χ1v) is 6.11. The van der Waals surface area contributed by atoms with Gasteiger partial charge in [0.25, 0.3) is 0 Å². The summed E-state index contributed by atoms with van der Waals surface area (Å²) in [5, 5.41) is 0. The van der Waals surface area contributed by atoms with Crippen LogP contribution in [0.4, 0.5) is 13.2 Å². The molecule has 96 valence electrons. The van der Waals surface area contributed by atoms with Crippen LogP contribution in [-0.2, 0) is 12.7 Å². The van der Waals surface area contributed by atoms with Crippen molar-refractivity contribution in [2.45, 2.75) is 19.6 Å². The summed E-state index contributed by atoms with van der Waals surface area (Å²) in [5.74, 6) is 0.331. The van der Waals surface area contributed by atoms with Gasteiger partial charge in [-0.05, 0) is 19.1 Å². The minimum absolute atomic E-state index is 0.331. The average molecular weight is 319 g/mol. The predicted molar refractivity (Wildman–Crippen MR) is 66.0 cm³/mol. The maximum atomic E-state index is 12.6. The molecule has 2 rings (SSSR count). The van der Waals surface area contributed by atoms with E-state index in [0.717, 1.165) is 10.7 Å². The fourth-order valence-corrected chi connectivity index (χ4v) is 1.89. The van der Waals surface area contributed by atoms with Gasteiger partial charge in [0.15, 0.2) is 5.69 Å². The molecule has 1 aromatic heterocycles. The lowest BCUT2D eigenvalue weighted by molar-refractivity contribution is -0.140. The van der Waals surface area contributed by atoms with Crippen LogP contribution in [0.1, 0.15) is 12.6 Å². The SMILES string of the molecule is CCn1cc(C(F)(F)F)nc1-c1ccc(Br)cc1. The van der Waals surface area contributed by atoms with E-state index in [1.165, 1.54) is 4.57 Å². The van der Waals surface area contributed by atoms with Gasteiger partial charge in [0.2, 0.25) is 0 Å². The Hall–Kier alpha value is -1.30. The first kappa shape index (κ1) is 13.1. The molecule has 0 aliphatic rings. The summed E-state index contributed by atoms with van der Waals surface area (Å²) < 4.78 is 40.2. The van der Waals surface area contributed by atoms with Gasteiger partial charge in [-0.2, -0.15) is 13.2 Å². The highest BCUT2D eigenvalue weighted by atomic mass is 79.9. The number of hydrogen-bond acceptors (Lipinski definition) is 1. The van der Waals surface area contributed by atoms with Crippen LogP contribution in [-0.4, -0.2) is 9.55 Å². The molecule has 0 aliphatic heterocycles. The van der Waals surface area contributed by atoms with Crippen molar-refractivity contribution in [2.75, 3.05) is 0 Å². The van der Waals surface area contributed by atoms with E-state index in [2.05, 4.69) is 20.9 Å². The Balaban J connectivity index is 2.50. The summed E-state index contributed by atoms with van der Waals surface area (Å²) in [7, 11) is 0. The van der Waals surface area contributed by atoms with Crippen molar-refractivity contribution < 1.29 is 13.2 Å². The zero-order valence-corrected chi connectivity index (χ0v) is 11.1. The maximum Gasteiger partial charge on any atom is 0.434 e. The Morgan fingerprint density at radius 2 is 1.83 bits per heavy atom. The van der Waals surface area contributed by atoms with Crippen LogP contribution in [0.3, 0.4) is 0 Å². The van der Waals surface area contributed by atoms with E-state index in [0.29, 0.717) is 17.9 Å². The third-order valence-electron chi connectivity index (χ3n) is 2.51. The molecule has 0 spiro atoms. The van der Waals surface area contributed by atoms with E-state index in [1.807, 2.05) is 0 Å². The third kappa shape index (κ3) is 2.58. The van der Waals surface area contributed by atoms with Crippen LogP contribution in [0, 0.1) is 0 Å². The van der Waals surface area contributed by atoms with E-state index in [1.54, 1.807) is 31.2 Å². The Kier molecular flexibility index (Phi) is 3.47. The van der Waals surface area contributed by atoms with Gasteiger partial charge in [0, 0.05) is 22.8 Å². The van der Waals surface area contributed by atoms with Crippen LogP contribution in [0.5, 0.6) is 0 Å². The second-order valence-electron chi connectivity index (χ2n) is 3.74. The monoisotopic (exact) mass is 318 g/mol. The summed E-state index contributed by atoms with van der Waals surface area (Å²) in [5.41, 5.74) is -0.196. The molecule has 0 fully saturated rings. The Morgan fingerprint density at radius 1 is 1.22 bits per heavy atom. The molecule has 6 heteroatoms. The molecule has 0 unspecified atom stereocenters. The fraction of sp³-hybridized carbons (Fsp3) is 0.250. The smallest absolute Gasteiger partial charge is 0.331 e. The number of hydrogen-bond donors (Lipinski definition) is 0. The number of benzene rings is 1. The highest BCUT2D eigenvalue weighted by Gasteiger charge is 2.34. The van der Waals surface area contributed by atoms with Gasteiger partial charge < -0.3 is 4.57 Å². The van der Waals surface area contributed by atoms with Gasteiger partial charge >= 0.3 is 6.18 Å². The molecule has 2 aromatic rings. The standard InChI is InChI=1S/C12H10BrF3N2/c1-2-18-7-10(12(14,15)16)17-11(18)8-3-5-9(13)6-4-8/h3-7H,2H2,1H3. The minimum Gasteiger partial charge on any atom is -0.331 e. The number of aromatic nitrogens is 2. The molecule has 0 amide bonds. The van der Waals surface area contributed by atoms with Gasteiger partial charge in [-0.15, -0.1) is 0 Å². The molecule has 18 heavy (non-hydrogen) atoms. The van der Waals surface area contributed by atoms with Crippen LogP contribution in [0.25, 0.3) is 11.4 Å². The van der Waals surface area contributed by atoms with Gasteiger partial charge in [0.1, 0.15) is 5.82 Å². The number of imidazole rings is 1. The quantitative estimate of drug-likeness (QED) is 0.804. The van der Waals surface area contributed by atoms with Crippen molar-refractivity contribution in [2.24, 2.45) is 0 Å². The minimum atomic E-state index is -4.41. The fourth-order valence-electron chi connectivity index (χ4n) is 1.62. The van der Waals surface area contributed by atoms with Gasteiger partial charge in [-0.3, -0.25) is 0 Å². The zero-order valence-electron chi connectivity index (χ0n) is 9.50. The van der Waals surface area contributed by atoms with Crippen molar-refractivity contribution in [3.05, 3.63) is 40.6 Å². The van der Waals surface area contributed by atoms with Crippen LogP contribution in [0.15, 0.2) is 34.9 Å². The summed E-state index contributed by atoms with van der Waals surface area (Å²) in [6.45, 7) is 2.22. The summed E-state index contributed by atoms with van der Waals surface area (Å²) >= 11 is 3.28. The molecule has 1 aromatic carbocycles. The Labute approximate surface area is 111 Å². The second-order valence-corrected chi connectivity index (χ2v) is 4.66. The Morgan fingerprint density at radius 3 is 2.33 bits per heavy atom. The van der Waals surface area contributed by atoms with Crippen molar-refractivity contribution in [1.82, 2.24) is 9.55 Å². The van der Waals surface area contributed by atoms with Gasteiger partial charge in [0.05, 0.1) is 0 Å². The third-order valence-corrected chi connectivity index (χ3v) is 3.04. The van der Waals surface area contributed by atoms with Crippen LogP contribution in [0.2, 0.25) is 0 Å². The van der Waals surface area contributed by atoms with Gasteiger partial charge in [-0.25, -0.2) is 4.98 Å². The van der Waals surface area contributed by atoms with Crippen molar-refractivity contribution >= 4 is 15.9 Å². The van der Waals surface area contributed by atoms with Crippen LogP contribution >= 0.6 is 15.9 Å². The van der Waals surface area contributed by atoms with E-state index >= 15 is 0 Å². The molecule has 0 radical (unpaired) electrons. The molecule has 2 nitrogen and oxygen atoms in total. The lowest BCUT2D eigenvalue weighted by Crippen LogP contribution is -2.05. The number of aryl methyl sites for hydroxylation is 1. The summed E-state index contributed by atoms with van der Waals surface area (Å²) in [4.78, 5) is 3.67. The van der Waals surface area contributed by atoms with E-state index in [4.69, 9.17) is 0 Å². The Bertz CT molecular complexity index is 543. The first-order chi connectivity index (χ1) is 8.41. The molecule has 1 heterocycles. The number of nitrogens with zero attached hydrogens (tertiary/aromatic N) is 2. The van der Waals surface area contributed by atoms with Crippen molar-refractivity contribution in [3.8, 4) is 11.4 Å². The lowest BCUT2D eigenvalue weighted by atomic mass is 10.2. The first-order valence-electron chi connectivity index (χ1n) is 5.32. The zero-order chi connectivity index (χ0) is 13.3. The van der Waals surface area contributed by atoms with Crippen molar-refractivity contribution in [1.29, 1.82) is 0 Å². The van der Waals surface area contributed by atoms with Crippen molar-refractivity contribution in [3.63, 3.8) is 0 Å². The highest BCUT2D eigenvalue weighted by Crippen LogP contribution is 2.31. The lowest BCUT2D eigenvalue weighted by Gasteiger charge is -2.04. The number of halogens is 4. The van der Waals surface area contributed by atoms with E-state index in [-0.39, 0.29) is 0 Å². The molecular weight excluding hydrogens is 309 g/mol. The molecule has 0 saturated heterocycles. The van der Waals surface area contributed by atoms with Crippen LogP contribution < -0.4 is 0 Å². The normalized spacial score (nSPS) is 11.8. The van der Waals surface area contributed by atoms with Gasteiger partial charge in [-0.1, -0.05) is 28.1 Å². The molecule has 0 bridgehead atoms. The van der Waals surface area contributed by atoms with E-state index in [9.17, 15) is 13.2 Å². The molecule has 0 atom stereocenters. The molecule has 0 saturated carbocycles. The molecular formula is C12H10BrF3N2. The molecule has 0 N–H and O–H groups in total. The highest BCUT2D eigenvalue weighted by molar-refractivity contribution is 9.10. The number of rotatable bonds is 2. The topological polar surface area (TPSA) is 17.8 Å². The van der Waals surface area contributed by atoms with E-state index < -0.39 is 11.9 Å². The predicted octanol–water partition coefficient (Wildman–Crippen LogP) is 4.35. The second kappa shape index (κ2) is 4.76. The number of alkyl halides is 3. The summed E-state index contributed by atoms with van der Waals surface area (Å²) in [6, 6.07) is 7.02. The average Bonchev–Trinajstić information content (AvgIpc) is 2.73. The maximum absolute atomic E-state index is 12.6. The summed E-state index contributed by atoms with van der Waals surface area (Å²) in [6.07, 6.45) is -3.37.